The molecule has 0 saturated carbocycles. The van der Waals surface area contributed by atoms with Crippen LogP contribution in [-0.4, -0.2) is 35.4 Å². The Morgan fingerprint density at radius 2 is 2.30 bits per heavy atom. The summed E-state index contributed by atoms with van der Waals surface area (Å²) in [4.78, 5) is 17.7. The highest BCUT2D eigenvalue weighted by molar-refractivity contribution is 7.09. The molecule has 2 atom stereocenters. The van der Waals surface area contributed by atoms with E-state index in [0.29, 0.717) is 17.3 Å². The first-order valence-corrected chi connectivity index (χ1v) is 8.73. The molecule has 1 amide bonds. The Morgan fingerprint density at radius 3 is 2.87 bits per heavy atom. The number of nitrogens with one attached hydrogen (secondary N) is 1. The minimum absolute atomic E-state index is 0.00241. The fourth-order valence-electron chi connectivity index (χ4n) is 2.72. The van der Waals surface area contributed by atoms with Gasteiger partial charge in [-0.3, -0.25) is 10.1 Å². The van der Waals surface area contributed by atoms with E-state index < -0.39 is 11.9 Å². The van der Waals surface area contributed by atoms with Crippen LogP contribution in [-0.2, 0) is 11.0 Å². The van der Waals surface area contributed by atoms with Crippen molar-refractivity contribution in [3.05, 3.63) is 16.1 Å². The molecule has 2 rings (SSSR count). The highest BCUT2D eigenvalue weighted by Crippen LogP contribution is 2.32. The number of aromatic nitrogens is 1. The summed E-state index contributed by atoms with van der Waals surface area (Å²) in [6.07, 6.45) is -1.71. The summed E-state index contributed by atoms with van der Waals surface area (Å²) in [5, 5.41) is 4.45. The molecule has 0 radical (unpaired) electrons. The zero-order valence-corrected chi connectivity index (χ0v) is 14.1. The maximum atomic E-state index is 12.6. The topological polar surface area (TPSA) is 45.2 Å². The molecule has 0 aliphatic carbocycles. The molecular weight excluding hydrogens is 327 g/mol. The molecule has 1 N–H and O–H groups in total. The number of hydrogen-bond donors (Lipinski definition) is 1. The van der Waals surface area contributed by atoms with E-state index in [0.717, 1.165) is 42.6 Å². The normalized spacial score (nSPS) is 20.6. The van der Waals surface area contributed by atoms with Gasteiger partial charge < -0.3 is 4.90 Å². The van der Waals surface area contributed by atoms with Gasteiger partial charge >= 0.3 is 6.18 Å². The largest absolute Gasteiger partial charge is 0.434 e. The number of carbonyl (C=O) groups excluding carboxylic acids is 1. The maximum Gasteiger partial charge on any atom is 0.434 e. The Balaban J connectivity index is 1.92. The van der Waals surface area contributed by atoms with Crippen molar-refractivity contribution in [2.24, 2.45) is 5.92 Å². The maximum absolute atomic E-state index is 12.6. The van der Waals surface area contributed by atoms with Gasteiger partial charge in [0.15, 0.2) is 5.69 Å². The second-order valence-electron chi connectivity index (χ2n) is 6.00. The highest BCUT2D eigenvalue weighted by Gasteiger charge is 2.34. The van der Waals surface area contributed by atoms with Crippen LogP contribution in [0.3, 0.4) is 0 Å². The van der Waals surface area contributed by atoms with Crippen molar-refractivity contribution in [2.45, 2.75) is 45.3 Å². The summed E-state index contributed by atoms with van der Waals surface area (Å²) in [7, 11) is 0. The van der Waals surface area contributed by atoms with Crippen LogP contribution in [0.4, 0.5) is 13.2 Å². The number of likely N-dealkylation sites (tertiary alicyclic amines) is 1. The summed E-state index contributed by atoms with van der Waals surface area (Å²) < 4.78 is 37.9. The first kappa shape index (κ1) is 18.2. The standard InChI is InChI=1S/C15H22F3N3OS/c1-3-11(14-20-12(9-23-14)15(16,17)18)19-7-13(22)21-6-4-5-10(2)8-21/h9-11,19H,3-8H2,1-2H3/t10-,11-/m1/s1. The van der Waals surface area contributed by atoms with Gasteiger partial charge in [0.1, 0.15) is 5.01 Å². The van der Waals surface area contributed by atoms with E-state index in [2.05, 4.69) is 17.2 Å². The Labute approximate surface area is 138 Å². The zero-order chi connectivity index (χ0) is 17.0. The molecule has 0 spiro atoms. The van der Waals surface area contributed by atoms with E-state index in [-0.39, 0.29) is 18.5 Å². The summed E-state index contributed by atoms with van der Waals surface area (Å²) in [5.74, 6) is 0.505. The van der Waals surface area contributed by atoms with E-state index in [9.17, 15) is 18.0 Å². The number of carbonyl (C=O) groups is 1. The van der Waals surface area contributed by atoms with Gasteiger partial charge in [0, 0.05) is 18.5 Å². The third-order valence-electron chi connectivity index (χ3n) is 4.03. The van der Waals surface area contributed by atoms with E-state index in [1.54, 1.807) is 0 Å². The van der Waals surface area contributed by atoms with Crippen molar-refractivity contribution in [1.29, 1.82) is 0 Å². The summed E-state index contributed by atoms with van der Waals surface area (Å²) in [6, 6.07) is -0.331. The number of amides is 1. The van der Waals surface area contributed by atoms with Gasteiger partial charge in [-0.25, -0.2) is 4.98 Å². The first-order valence-electron chi connectivity index (χ1n) is 7.85. The van der Waals surface area contributed by atoms with Crippen LogP contribution in [0.2, 0.25) is 0 Å². The highest BCUT2D eigenvalue weighted by atomic mass is 32.1. The third-order valence-corrected chi connectivity index (χ3v) is 4.99. The van der Waals surface area contributed by atoms with Crippen LogP contribution in [0.15, 0.2) is 5.38 Å². The average Bonchev–Trinajstić information content (AvgIpc) is 2.97. The second kappa shape index (κ2) is 7.61. The number of alkyl halides is 3. The molecule has 1 saturated heterocycles. The number of rotatable bonds is 5. The van der Waals surface area contributed by atoms with Gasteiger partial charge in [-0.05, 0) is 25.2 Å². The Kier molecular flexibility index (Phi) is 6.02. The molecular formula is C15H22F3N3OS. The molecule has 1 aliphatic heterocycles. The number of thiazole rings is 1. The van der Waals surface area contributed by atoms with Gasteiger partial charge in [-0.2, -0.15) is 13.2 Å². The Morgan fingerprint density at radius 1 is 1.57 bits per heavy atom. The molecule has 1 aromatic heterocycles. The van der Waals surface area contributed by atoms with Crippen molar-refractivity contribution < 1.29 is 18.0 Å². The molecule has 4 nitrogen and oxygen atoms in total. The fraction of sp³-hybridized carbons (Fsp3) is 0.733. The molecule has 1 aromatic rings. The van der Waals surface area contributed by atoms with Crippen molar-refractivity contribution in [1.82, 2.24) is 15.2 Å². The average molecular weight is 349 g/mol. The number of piperidine rings is 1. The van der Waals surface area contributed by atoms with E-state index in [1.165, 1.54) is 0 Å². The van der Waals surface area contributed by atoms with Crippen molar-refractivity contribution in [3.63, 3.8) is 0 Å². The van der Waals surface area contributed by atoms with Crippen LogP contribution in [0.1, 0.15) is 49.9 Å². The van der Waals surface area contributed by atoms with Crippen molar-refractivity contribution >= 4 is 17.2 Å². The molecule has 0 unspecified atom stereocenters. The van der Waals surface area contributed by atoms with Gasteiger partial charge in [0.2, 0.25) is 5.91 Å². The number of hydrogen-bond acceptors (Lipinski definition) is 4. The van der Waals surface area contributed by atoms with Crippen molar-refractivity contribution in [3.8, 4) is 0 Å². The van der Waals surface area contributed by atoms with Crippen molar-refractivity contribution in [2.75, 3.05) is 19.6 Å². The molecule has 0 bridgehead atoms. The lowest BCUT2D eigenvalue weighted by Crippen LogP contribution is -2.44. The lowest BCUT2D eigenvalue weighted by atomic mass is 10.0. The molecule has 23 heavy (non-hydrogen) atoms. The molecule has 0 aromatic carbocycles. The SMILES string of the molecule is CC[C@@H](NCC(=O)N1CCC[C@@H](C)C1)c1nc(C(F)(F)F)cs1. The van der Waals surface area contributed by atoms with Gasteiger partial charge in [0.25, 0.3) is 0 Å². The second-order valence-corrected chi connectivity index (χ2v) is 6.89. The fourth-order valence-corrected chi connectivity index (χ4v) is 3.71. The predicted octanol–water partition coefficient (Wildman–Crippen LogP) is 3.46. The monoisotopic (exact) mass is 349 g/mol. The van der Waals surface area contributed by atoms with E-state index >= 15 is 0 Å². The van der Waals surface area contributed by atoms with Crippen LogP contribution < -0.4 is 5.32 Å². The number of nitrogens with zero attached hydrogens (tertiary/aromatic N) is 2. The van der Waals surface area contributed by atoms with Crippen LogP contribution in [0.5, 0.6) is 0 Å². The van der Waals surface area contributed by atoms with Crippen LogP contribution >= 0.6 is 11.3 Å². The van der Waals surface area contributed by atoms with Crippen LogP contribution in [0.25, 0.3) is 0 Å². The van der Waals surface area contributed by atoms with E-state index in [4.69, 9.17) is 0 Å². The zero-order valence-electron chi connectivity index (χ0n) is 13.3. The minimum atomic E-state index is -4.42. The Bertz CT molecular complexity index is 532. The first-order chi connectivity index (χ1) is 10.8. The molecule has 1 aliphatic rings. The smallest absolute Gasteiger partial charge is 0.341 e. The van der Waals surface area contributed by atoms with Gasteiger partial charge in [-0.1, -0.05) is 13.8 Å². The number of halogens is 3. The summed E-state index contributed by atoms with van der Waals surface area (Å²) in [6.45, 7) is 5.63. The molecule has 1 fully saturated rings. The Hall–Kier alpha value is -1.15. The lowest BCUT2D eigenvalue weighted by Gasteiger charge is -2.31. The summed E-state index contributed by atoms with van der Waals surface area (Å²) in [5.41, 5.74) is -0.867. The van der Waals surface area contributed by atoms with Gasteiger partial charge in [0.05, 0.1) is 12.6 Å². The minimum Gasteiger partial charge on any atom is -0.341 e. The molecule has 130 valence electrons. The van der Waals surface area contributed by atoms with Crippen LogP contribution in [0, 0.1) is 5.92 Å². The quantitative estimate of drug-likeness (QED) is 0.885. The summed E-state index contributed by atoms with van der Waals surface area (Å²) >= 11 is 0.978. The predicted molar refractivity (Wildman–Crippen MR) is 83.1 cm³/mol. The molecule has 8 heteroatoms. The van der Waals surface area contributed by atoms with E-state index in [1.807, 2.05) is 11.8 Å². The van der Waals surface area contributed by atoms with Gasteiger partial charge in [-0.15, -0.1) is 11.3 Å². The lowest BCUT2D eigenvalue weighted by molar-refractivity contribution is -0.141. The molecule has 2 heterocycles. The third kappa shape index (κ3) is 4.91.